The topological polar surface area (TPSA) is 68.1 Å². The highest BCUT2D eigenvalue weighted by atomic mass is 79.9. The first kappa shape index (κ1) is 13.4. The monoisotopic (exact) mass is 325 g/mol. The second-order valence-electron chi connectivity index (χ2n) is 3.74. The minimum Gasteiger partial charge on any atom is -0.379 e. The Kier molecular flexibility index (Phi) is 4.06. The van der Waals surface area contributed by atoms with Crippen LogP contribution in [0.15, 0.2) is 41.0 Å². The van der Waals surface area contributed by atoms with Crippen molar-refractivity contribution in [2.24, 2.45) is 0 Å². The molecule has 0 atom stereocenters. The van der Waals surface area contributed by atoms with Crippen LogP contribution in [-0.2, 0) is 6.54 Å². The normalized spacial score (nSPS) is 10.2. The fourth-order valence-corrected chi connectivity index (χ4v) is 1.70. The largest absolute Gasteiger partial charge is 0.379 e. The molecule has 2 aromatic rings. The number of halogens is 2. The number of pyridine rings is 1. The number of hydrogen-bond donors (Lipinski definition) is 1. The van der Waals surface area contributed by atoms with Gasteiger partial charge in [-0.15, -0.1) is 0 Å². The van der Waals surface area contributed by atoms with Crippen LogP contribution < -0.4 is 5.32 Å². The van der Waals surface area contributed by atoms with Gasteiger partial charge in [-0.3, -0.25) is 15.1 Å². The molecular weight excluding hydrogens is 317 g/mol. The average Bonchev–Trinajstić information content (AvgIpc) is 2.39. The van der Waals surface area contributed by atoms with Gasteiger partial charge in [0.15, 0.2) is 0 Å². The molecule has 0 amide bonds. The van der Waals surface area contributed by atoms with Crippen molar-refractivity contribution in [1.29, 1.82) is 0 Å². The van der Waals surface area contributed by atoms with Crippen LogP contribution >= 0.6 is 15.9 Å². The quantitative estimate of drug-likeness (QED) is 0.690. The van der Waals surface area contributed by atoms with Crippen molar-refractivity contribution in [3.63, 3.8) is 0 Å². The fourth-order valence-electron chi connectivity index (χ4n) is 1.47. The molecule has 0 spiro atoms. The summed E-state index contributed by atoms with van der Waals surface area (Å²) in [5.74, 6) is -0.850. The van der Waals surface area contributed by atoms with Crippen LogP contribution in [0.3, 0.4) is 0 Å². The van der Waals surface area contributed by atoms with Gasteiger partial charge >= 0.3 is 5.69 Å². The summed E-state index contributed by atoms with van der Waals surface area (Å²) >= 11 is 3.28. The van der Waals surface area contributed by atoms with Crippen LogP contribution in [0.1, 0.15) is 5.69 Å². The summed E-state index contributed by atoms with van der Waals surface area (Å²) in [5, 5.41) is 13.6. The molecule has 1 aromatic carbocycles. The van der Waals surface area contributed by atoms with E-state index in [0.717, 1.165) is 22.3 Å². The van der Waals surface area contributed by atoms with E-state index in [1.807, 2.05) is 12.1 Å². The molecule has 5 nitrogen and oxygen atoms in total. The Hall–Kier alpha value is -2.02. The van der Waals surface area contributed by atoms with Crippen molar-refractivity contribution < 1.29 is 9.31 Å². The molecule has 0 saturated carbocycles. The van der Waals surface area contributed by atoms with Crippen LogP contribution in [0.25, 0.3) is 0 Å². The van der Waals surface area contributed by atoms with Crippen LogP contribution in [0.2, 0.25) is 0 Å². The molecule has 0 aliphatic carbocycles. The number of nitrogens with zero attached hydrogens (tertiary/aromatic N) is 2. The lowest BCUT2D eigenvalue weighted by molar-refractivity contribution is -0.387. The van der Waals surface area contributed by atoms with E-state index in [9.17, 15) is 14.5 Å². The van der Waals surface area contributed by atoms with E-state index < -0.39 is 16.4 Å². The Morgan fingerprint density at radius 3 is 2.79 bits per heavy atom. The van der Waals surface area contributed by atoms with Gasteiger partial charge in [0, 0.05) is 22.4 Å². The third-order valence-corrected chi connectivity index (χ3v) is 2.87. The maximum Gasteiger partial charge on any atom is 0.306 e. The van der Waals surface area contributed by atoms with Crippen LogP contribution in [0.5, 0.6) is 0 Å². The molecule has 1 aromatic heterocycles. The van der Waals surface area contributed by atoms with Crippen LogP contribution in [0.4, 0.5) is 15.8 Å². The summed E-state index contributed by atoms with van der Waals surface area (Å²) in [6, 6.07) is 7.33. The van der Waals surface area contributed by atoms with Gasteiger partial charge in [-0.25, -0.2) is 0 Å². The van der Waals surface area contributed by atoms with E-state index >= 15 is 0 Å². The zero-order valence-electron chi connectivity index (χ0n) is 9.64. The van der Waals surface area contributed by atoms with Gasteiger partial charge < -0.3 is 5.32 Å². The Bertz CT molecular complexity index is 604. The Balaban J connectivity index is 2.09. The summed E-state index contributed by atoms with van der Waals surface area (Å²) < 4.78 is 14.0. The fraction of sp³-hybridized carbons (Fsp3) is 0.0833. The van der Waals surface area contributed by atoms with Gasteiger partial charge in [-0.1, -0.05) is 0 Å². The van der Waals surface area contributed by atoms with E-state index in [4.69, 9.17) is 0 Å². The van der Waals surface area contributed by atoms with Crippen LogP contribution in [-0.4, -0.2) is 9.91 Å². The number of hydrogen-bond acceptors (Lipinski definition) is 4. The van der Waals surface area contributed by atoms with Crippen LogP contribution in [0, 0.1) is 15.9 Å². The van der Waals surface area contributed by atoms with E-state index in [1.54, 1.807) is 6.20 Å². The van der Waals surface area contributed by atoms with E-state index in [0.29, 0.717) is 12.2 Å². The highest BCUT2D eigenvalue weighted by molar-refractivity contribution is 9.10. The van der Waals surface area contributed by atoms with Gasteiger partial charge in [0.2, 0.25) is 5.82 Å². The van der Waals surface area contributed by atoms with E-state index in [1.165, 1.54) is 6.07 Å². The maximum atomic E-state index is 13.1. The summed E-state index contributed by atoms with van der Waals surface area (Å²) in [6.45, 7) is 0.399. The predicted octanol–water partition coefficient (Wildman–Crippen LogP) is 3.50. The molecule has 2 rings (SSSR count). The second kappa shape index (κ2) is 5.75. The lowest BCUT2D eigenvalue weighted by atomic mass is 10.2. The molecule has 0 fully saturated rings. The number of anilines is 1. The van der Waals surface area contributed by atoms with Gasteiger partial charge in [0.05, 0.1) is 17.2 Å². The number of benzene rings is 1. The van der Waals surface area contributed by atoms with E-state index in [-0.39, 0.29) is 0 Å². The molecule has 1 heterocycles. The summed E-state index contributed by atoms with van der Waals surface area (Å²) in [5.41, 5.74) is 0.696. The first-order valence-electron chi connectivity index (χ1n) is 5.34. The Morgan fingerprint density at radius 2 is 2.16 bits per heavy atom. The molecule has 0 aliphatic rings. The molecule has 98 valence electrons. The van der Waals surface area contributed by atoms with E-state index in [2.05, 4.69) is 26.2 Å². The SMILES string of the molecule is O=[N+]([O-])c1cc(NCc2ccc(Br)cn2)ccc1F. The molecule has 0 radical (unpaired) electrons. The van der Waals surface area contributed by atoms with Gasteiger partial charge in [0.1, 0.15) is 0 Å². The third kappa shape index (κ3) is 3.47. The first-order chi connectivity index (χ1) is 9.06. The minimum atomic E-state index is -0.850. The summed E-state index contributed by atoms with van der Waals surface area (Å²) in [4.78, 5) is 14.0. The molecule has 0 unspecified atom stereocenters. The molecular formula is C12H9BrFN3O2. The smallest absolute Gasteiger partial charge is 0.306 e. The minimum absolute atomic E-state index is 0.399. The molecule has 0 saturated heterocycles. The molecule has 1 N–H and O–H groups in total. The molecule has 0 bridgehead atoms. The Morgan fingerprint density at radius 1 is 1.37 bits per heavy atom. The van der Waals surface area contributed by atoms with Gasteiger partial charge in [-0.05, 0) is 40.2 Å². The van der Waals surface area contributed by atoms with Crippen molar-refractivity contribution in [2.45, 2.75) is 6.54 Å². The van der Waals surface area contributed by atoms with Crippen molar-refractivity contribution in [1.82, 2.24) is 4.98 Å². The number of aromatic nitrogens is 1. The number of nitro groups is 1. The second-order valence-corrected chi connectivity index (χ2v) is 4.66. The van der Waals surface area contributed by atoms with Gasteiger partial charge in [0.25, 0.3) is 0 Å². The highest BCUT2D eigenvalue weighted by Gasteiger charge is 2.14. The van der Waals surface area contributed by atoms with Gasteiger partial charge in [-0.2, -0.15) is 4.39 Å². The van der Waals surface area contributed by atoms with Crippen molar-refractivity contribution in [2.75, 3.05) is 5.32 Å². The lowest BCUT2D eigenvalue weighted by Crippen LogP contribution is -2.02. The van der Waals surface area contributed by atoms with Crippen molar-refractivity contribution >= 4 is 27.3 Å². The number of nitro benzene ring substituents is 1. The summed E-state index contributed by atoms with van der Waals surface area (Å²) in [7, 11) is 0. The van der Waals surface area contributed by atoms with Crippen molar-refractivity contribution in [3.05, 3.63) is 62.6 Å². The highest BCUT2D eigenvalue weighted by Crippen LogP contribution is 2.22. The summed E-state index contributed by atoms with van der Waals surface area (Å²) in [6.07, 6.45) is 1.66. The first-order valence-corrected chi connectivity index (χ1v) is 6.14. The average molecular weight is 326 g/mol. The standard InChI is InChI=1S/C12H9BrFN3O2/c13-8-1-2-10(15-6-8)7-16-9-3-4-11(14)12(5-9)17(18)19/h1-6,16H,7H2. The predicted molar refractivity (Wildman–Crippen MR) is 72.3 cm³/mol. The number of rotatable bonds is 4. The molecule has 19 heavy (non-hydrogen) atoms. The zero-order chi connectivity index (χ0) is 13.8. The maximum absolute atomic E-state index is 13.1. The van der Waals surface area contributed by atoms with Crippen molar-refractivity contribution in [3.8, 4) is 0 Å². The third-order valence-electron chi connectivity index (χ3n) is 2.41. The number of nitrogens with one attached hydrogen (secondary N) is 1. The Labute approximate surface area is 116 Å². The molecule has 7 heteroatoms. The zero-order valence-corrected chi connectivity index (χ0v) is 11.2. The molecule has 0 aliphatic heterocycles. The lowest BCUT2D eigenvalue weighted by Gasteiger charge is -2.06.